The first-order valence-corrected chi connectivity index (χ1v) is 19.2. The summed E-state index contributed by atoms with van der Waals surface area (Å²) in [4.78, 5) is 68.8. The van der Waals surface area contributed by atoms with Gasteiger partial charge in [0.05, 0.1) is 56.1 Å². The minimum Gasteiger partial charge on any atom is -0.465 e. The van der Waals surface area contributed by atoms with Crippen LogP contribution in [-0.4, -0.2) is 103 Å². The van der Waals surface area contributed by atoms with Crippen molar-refractivity contribution in [1.82, 2.24) is 40.4 Å². The van der Waals surface area contributed by atoms with Crippen molar-refractivity contribution in [3.63, 3.8) is 0 Å². The summed E-state index contributed by atoms with van der Waals surface area (Å²) in [6.45, 7) is 7.41. The van der Waals surface area contributed by atoms with Gasteiger partial charge in [0.1, 0.15) is 36.1 Å². The summed E-state index contributed by atoms with van der Waals surface area (Å²) >= 11 is 0. The Morgan fingerprint density at radius 1 is 0.719 bits per heavy atom. The number of nitrogens with zero attached hydrogens (tertiary/aromatic N) is 4. The fourth-order valence-electron chi connectivity index (χ4n) is 7.70. The highest BCUT2D eigenvalue weighted by molar-refractivity contribution is 5.87. The van der Waals surface area contributed by atoms with Gasteiger partial charge in [-0.1, -0.05) is 76.2 Å². The molecule has 4 amide bonds. The van der Waals surface area contributed by atoms with Gasteiger partial charge in [-0.15, -0.1) is 0 Å². The molecule has 304 valence electrons. The van der Waals surface area contributed by atoms with Crippen LogP contribution < -0.4 is 10.6 Å². The number of ether oxygens (including phenoxy) is 1. The number of hydrogen-bond donors (Lipinski definition) is 5. The van der Waals surface area contributed by atoms with Crippen LogP contribution >= 0.6 is 0 Å². The molecule has 0 bridgehead atoms. The van der Waals surface area contributed by atoms with E-state index < -0.39 is 54.6 Å². The summed E-state index contributed by atoms with van der Waals surface area (Å²) in [5.41, 5.74) is 4.99. The highest BCUT2D eigenvalue weighted by Gasteiger charge is 2.42. The molecule has 6 atom stereocenters. The molecule has 14 nitrogen and oxygen atoms in total. The lowest BCUT2D eigenvalue weighted by molar-refractivity contribution is -0.135. The lowest BCUT2D eigenvalue weighted by atomic mass is 10.0. The van der Waals surface area contributed by atoms with Crippen molar-refractivity contribution in [2.75, 3.05) is 20.2 Å². The molecule has 4 heterocycles. The molecule has 0 radical (unpaired) electrons. The lowest BCUT2D eigenvalue weighted by Crippen LogP contribution is -2.49. The van der Waals surface area contributed by atoms with E-state index in [0.29, 0.717) is 29.5 Å². The second-order valence-corrected chi connectivity index (χ2v) is 15.6. The number of halogens is 2. The van der Waals surface area contributed by atoms with E-state index in [1.165, 1.54) is 16.9 Å². The molecule has 0 saturated carbocycles. The number of imidazole rings is 2. The monoisotopic (exact) mass is 788 g/mol. The smallest absolute Gasteiger partial charge is 0.407 e. The Bertz CT molecular complexity index is 2030. The third-order valence-corrected chi connectivity index (χ3v) is 10.4. The van der Waals surface area contributed by atoms with Gasteiger partial charge in [-0.25, -0.2) is 28.3 Å². The number of aromatic amines is 2. The Labute approximate surface area is 329 Å². The van der Waals surface area contributed by atoms with Crippen molar-refractivity contribution in [1.29, 1.82) is 0 Å². The molecule has 2 fully saturated rings. The van der Waals surface area contributed by atoms with E-state index in [2.05, 4.69) is 30.6 Å². The summed E-state index contributed by atoms with van der Waals surface area (Å²) in [6, 6.07) is 12.5. The molecule has 0 spiro atoms. The minimum atomic E-state index is -1.31. The first-order chi connectivity index (χ1) is 27.2. The average molecular weight is 789 g/mol. The third kappa shape index (κ3) is 9.60. The molecule has 6 rings (SSSR count). The fraction of sp³-hybridized carbons (Fsp3) is 0.463. The molecule has 2 aliphatic rings. The number of hydrogen-bond acceptors (Lipinski definition) is 7. The number of rotatable bonds is 13. The van der Waals surface area contributed by atoms with Gasteiger partial charge in [0.2, 0.25) is 11.8 Å². The topological polar surface area (TPSA) is 186 Å². The number of aromatic nitrogens is 4. The van der Waals surface area contributed by atoms with Crippen molar-refractivity contribution < 1.29 is 37.8 Å². The molecule has 2 aliphatic heterocycles. The van der Waals surface area contributed by atoms with Crippen LogP contribution in [0.2, 0.25) is 0 Å². The Balaban J connectivity index is 1.12. The van der Waals surface area contributed by atoms with E-state index in [-0.39, 0.29) is 50.1 Å². The molecule has 0 aliphatic carbocycles. The first-order valence-electron chi connectivity index (χ1n) is 19.2. The molecule has 4 aromatic rings. The number of amides is 4. The molecular weight excluding hydrogens is 738 g/mol. The van der Waals surface area contributed by atoms with Gasteiger partial charge >= 0.3 is 12.2 Å². The van der Waals surface area contributed by atoms with E-state index in [0.717, 1.165) is 22.3 Å². The number of benzene rings is 2. The maximum atomic E-state index is 14.8. The minimum absolute atomic E-state index is 0.0445. The zero-order valence-corrected chi connectivity index (χ0v) is 32.7. The number of alkyl carbamates (subject to hydrolysis) is 1. The zero-order chi connectivity index (χ0) is 41.0. The van der Waals surface area contributed by atoms with E-state index in [4.69, 9.17) is 4.74 Å². The van der Waals surface area contributed by atoms with Gasteiger partial charge < -0.3 is 40.2 Å². The SMILES string of the molecule is COC(=O)N[C@@H](CC(C)C)C(=O)N1C[C@H](F)C[C@H]1c1ncc(-c2ccc(-c3ccc(-c4cnc([C@@H]5C[C@@H](F)CN5C(=O)[C@H](CC(C)C)NC(=O)O)[nH]4)cc3)cc2)[nH]1. The van der Waals surface area contributed by atoms with Crippen molar-refractivity contribution in [2.24, 2.45) is 11.8 Å². The quantitative estimate of drug-likeness (QED) is 0.0978. The largest absolute Gasteiger partial charge is 0.465 e. The molecule has 16 heteroatoms. The van der Waals surface area contributed by atoms with Crippen LogP contribution in [0, 0.1) is 11.8 Å². The number of methoxy groups -OCH3 is 1. The molecule has 0 unspecified atom stereocenters. The Kier molecular flexibility index (Phi) is 12.6. The van der Waals surface area contributed by atoms with Crippen LogP contribution in [0.25, 0.3) is 33.6 Å². The van der Waals surface area contributed by atoms with Gasteiger partial charge in [-0.05, 0) is 46.9 Å². The summed E-state index contributed by atoms with van der Waals surface area (Å²) < 4.78 is 34.2. The van der Waals surface area contributed by atoms with Crippen LogP contribution in [0.15, 0.2) is 60.9 Å². The molecular formula is C41H50F2N8O6. The Hall–Kier alpha value is -5.80. The van der Waals surface area contributed by atoms with Crippen LogP contribution in [0.3, 0.4) is 0 Å². The van der Waals surface area contributed by atoms with Gasteiger partial charge in [0.25, 0.3) is 0 Å². The number of carboxylic acid groups (broad SMARTS) is 1. The van der Waals surface area contributed by atoms with Crippen LogP contribution in [0.1, 0.15) is 77.1 Å². The maximum Gasteiger partial charge on any atom is 0.407 e. The predicted octanol–water partition coefficient (Wildman–Crippen LogP) is 6.81. The standard InChI is InChI=1S/C41H50F2N8O6/c1-22(2)14-30(48-40(54)55)38(52)50-20-28(42)16-34(50)36-44-18-32(46-36)26-10-6-24(7-11-26)25-8-12-27(13-9-25)33-19-45-37(47-33)35-17-29(43)21-51(35)39(53)31(15-23(3)4)49-41(56)57-5/h6-13,18-19,22-23,28-31,34-35,48H,14-17,20-21H2,1-5H3,(H,44,46)(H,45,47)(H,49,56)(H,54,55)/t28-,29-,30+,31+,34+,35+/m1/s1. The van der Waals surface area contributed by atoms with Gasteiger partial charge in [-0.3, -0.25) is 9.59 Å². The normalized spacial score (nSPS) is 20.5. The van der Waals surface area contributed by atoms with Gasteiger partial charge in [0, 0.05) is 12.8 Å². The molecule has 57 heavy (non-hydrogen) atoms. The number of carbonyl (C=O) groups is 4. The van der Waals surface area contributed by atoms with E-state index >= 15 is 0 Å². The second kappa shape index (κ2) is 17.6. The number of H-pyrrole nitrogens is 2. The molecule has 5 N–H and O–H groups in total. The third-order valence-electron chi connectivity index (χ3n) is 10.4. The summed E-state index contributed by atoms with van der Waals surface area (Å²) in [7, 11) is 1.23. The second-order valence-electron chi connectivity index (χ2n) is 15.6. The molecule has 2 saturated heterocycles. The Morgan fingerprint density at radius 3 is 1.47 bits per heavy atom. The maximum absolute atomic E-state index is 14.8. The first kappa shape index (κ1) is 40.9. The highest BCUT2D eigenvalue weighted by Crippen LogP contribution is 2.36. The van der Waals surface area contributed by atoms with Crippen LogP contribution in [-0.2, 0) is 14.3 Å². The average Bonchev–Trinajstić information content (AvgIpc) is 4.00. The zero-order valence-electron chi connectivity index (χ0n) is 32.7. The predicted molar refractivity (Wildman–Crippen MR) is 208 cm³/mol. The number of likely N-dealkylation sites (tertiary alicyclic amines) is 2. The van der Waals surface area contributed by atoms with Crippen molar-refractivity contribution in [3.05, 3.63) is 72.6 Å². The summed E-state index contributed by atoms with van der Waals surface area (Å²) in [5, 5.41) is 14.2. The van der Waals surface area contributed by atoms with Gasteiger partial charge in [0.15, 0.2) is 0 Å². The number of nitrogens with one attached hydrogen (secondary N) is 4. The van der Waals surface area contributed by atoms with E-state index in [1.54, 1.807) is 12.4 Å². The van der Waals surface area contributed by atoms with Gasteiger partial charge in [-0.2, -0.15) is 0 Å². The number of alkyl halides is 2. The molecule has 2 aromatic heterocycles. The summed E-state index contributed by atoms with van der Waals surface area (Å²) in [5.74, 6) is 0.181. The van der Waals surface area contributed by atoms with Crippen LogP contribution in [0.5, 0.6) is 0 Å². The van der Waals surface area contributed by atoms with E-state index in [9.17, 15) is 33.1 Å². The van der Waals surface area contributed by atoms with Crippen LogP contribution in [0.4, 0.5) is 18.4 Å². The van der Waals surface area contributed by atoms with Crippen molar-refractivity contribution in [3.8, 4) is 33.6 Å². The fourth-order valence-corrected chi connectivity index (χ4v) is 7.70. The summed E-state index contributed by atoms with van der Waals surface area (Å²) in [6.07, 6.45) is -0.420. The lowest BCUT2D eigenvalue weighted by Gasteiger charge is -2.28. The Morgan fingerprint density at radius 2 is 1.11 bits per heavy atom. The highest BCUT2D eigenvalue weighted by atomic mass is 19.1. The van der Waals surface area contributed by atoms with Crippen molar-refractivity contribution >= 4 is 24.0 Å². The van der Waals surface area contributed by atoms with E-state index in [1.807, 2.05) is 76.2 Å². The van der Waals surface area contributed by atoms with Crippen molar-refractivity contribution in [2.45, 2.75) is 89.9 Å². The number of carbonyl (C=O) groups excluding carboxylic acids is 3. The molecule has 2 aromatic carbocycles.